The van der Waals surface area contributed by atoms with E-state index in [0.29, 0.717) is 23.1 Å². The lowest BCUT2D eigenvalue weighted by molar-refractivity contribution is 0.0904. The van der Waals surface area contributed by atoms with E-state index in [2.05, 4.69) is 39.8 Å². The van der Waals surface area contributed by atoms with Gasteiger partial charge in [0.05, 0.1) is 0 Å². The Balaban J connectivity index is 1.35. The predicted octanol–water partition coefficient (Wildman–Crippen LogP) is 3.65. The second-order valence-electron chi connectivity index (χ2n) is 6.33. The number of amides is 1. The van der Waals surface area contributed by atoms with E-state index in [1.807, 2.05) is 25.1 Å². The maximum absolute atomic E-state index is 12.3. The number of hydrogen-bond acceptors (Lipinski definition) is 3. The minimum atomic E-state index is -0.141. The summed E-state index contributed by atoms with van der Waals surface area (Å²) in [6.45, 7) is 1.88. The van der Waals surface area contributed by atoms with E-state index >= 15 is 0 Å². The van der Waals surface area contributed by atoms with Crippen LogP contribution in [0.25, 0.3) is 11.5 Å². The molecule has 1 amide bonds. The molecule has 24 heavy (non-hydrogen) atoms. The van der Waals surface area contributed by atoms with Gasteiger partial charge in [0.2, 0.25) is 0 Å². The van der Waals surface area contributed by atoms with Crippen molar-refractivity contribution in [3.8, 4) is 11.5 Å². The fraction of sp³-hybridized carbons (Fsp3) is 0.263. The molecular formula is C19H19N3O2. The van der Waals surface area contributed by atoms with Gasteiger partial charge in [0.15, 0.2) is 11.5 Å². The van der Waals surface area contributed by atoms with Crippen LogP contribution in [0.5, 0.6) is 0 Å². The van der Waals surface area contributed by atoms with Crippen LogP contribution in [0.2, 0.25) is 0 Å². The van der Waals surface area contributed by atoms with Crippen molar-refractivity contribution in [2.45, 2.75) is 31.7 Å². The van der Waals surface area contributed by atoms with Gasteiger partial charge in [-0.05, 0) is 43.4 Å². The van der Waals surface area contributed by atoms with Crippen LogP contribution in [0.3, 0.4) is 0 Å². The van der Waals surface area contributed by atoms with Gasteiger partial charge in [-0.25, -0.2) is 0 Å². The summed E-state index contributed by atoms with van der Waals surface area (Å²) in [6.07, 6.45) is 1.95. The number of aromatic nitrogens is 2. The Labute approximate surface area is 140 Å². The SMILES string of the molecule is Cc1ccc(-c2cc(C(=O)NC3CC(c4ccccc4)C3)n[nH]2)o1. The zero-order valence-corrected chi connectivity index (χ0v) is 13.5. The van der Waals surface area contributed by atoms with E-state index in [1.165, 1.54) is 5.56 Å². The smallest absolute Gasteiger partial charge is 0.272 e. The van der Waals surface area contributed by atoms with Crippen molar-refractivity contribution in [1.82, 2.24) is 15.5 Å². The molecule has 0 saturated heterocycles. The Hall–Kier alpha value is -2.82. The summed E-state index contributed by atoms with van der Waals surface area (Å²) in [5.41, 5.74) is 2.45. The molecule has 1 aromatic carbocycles. The lowest BCUT2D eigenvalue weighted by Gasteiger charge is -2.36. The quantitative estimate of drug-likeness (QED) is 0.770. The van der Waals surface area contributed by atoms with Crippen LogP contribution in [0.4, 0.5) is 0 Å². The third-order valence-electron chi connectivity index (χ3n) is 4.56. The molecule has 0 spiro atoms. The summed E-state index contributed by atoms with van der Waals surface area (Å²) in [5, 5.41) is 10.00. The first-order valence-electron chi connectivity index (χ1n) is 8.17. The summed E-state index contributed by atoms with van der Waals surface area (Å²) in [5.74, 6) is 1.91. The summed E-state index contributed by atoms with van der Waals surface area (Å²) < 4.78 is 5.54. The summed E-state index contributed by atoms with van der Waals surface area (Å²) in [6, 6.07) is 16.1. The second-order valence-corrected chi connectivity index (χ2v) is 6.33. The van der Waals surface area contributed by atoms with E-state index in [0.717, 1.165) is 18.6 Å². The van der Waals surface area contributed by atoms with Crippen LogP contribution < -0.4 is 5.32 Å². The van der Waals surface area contributed by atoms with Crippen LogP contribution in [0.1, 0.15) is 40.6 Å². The van der Waals surface area contributed by atoms with Crippen molar-refractivity contribution in [3.05, 3.63) is 65.5 Å². The van der Waals surface area contributed by atoms with Crippen molar-refractivity contribution >= 4 is 5.91 Å². The van der Waals surface area contributed by atoms with Gasteiger partial charge in [-0.3, -0.25) is 9.89 Å². The molecule has 1 fully saturated rings. The van der Waals surface area contributed by atoms with Crippen LogP contribution in [-0.2, 0) is 0 Å². The van der Waals surface area contributed by atoms with E-state index in [1.54, 1.807) is 6.07 Å². The van der Waals surface area contributed by atoms with Gasteiger partial charge in [0.25, 0.3) is 5.91 Å². The largest absolute Gasteiger partial charge is 0.460 e. The van der Waals surface area contributed by atoms with Crippen molar-refractivity contribution in [3.63, 3.8) is 0 Å². The van der Waals surface area contributed by atoms with Crippen LogP contribution >= 0.6 is 0 Å². The molecule has 0 atom stereocenters. The van der Waals surface area contributed by atoms with Crippen LogP contribution in [0.15, 0.2) is 52.9 Å². The number of aromatic amines is 1. The number of H-pyrrole nitrogens is 1. The molecule has 2 heterocycles. The molecule has 5 heteroatoms. The second kappa shape index (κ2) is 6.00. The minimum Gasteiger partial charge on any atom is -0.460 e. The molecule has 2 aromatic heterocycles. The number of rotatable bonds is 4. The Bertz CT molecular complexity index is 844. The first-order valence-corrected chi connectivity index (χ1v) is 8.17. The predicted molar refractivity (Wildman–Crippen MR) is 90.7 cm³/mol. The minimum absolute atomic E-state index is 0.141. The van der Waals surface area contributed by atoms with Crippen LogP contribution in [0, 0.1) is 6.92 Å². The fourth-order valence-corrected chi connectivity index (χ4v) is 3.14. The van der Waals surface area contributed by atoms with Gasteiger partial charge in [0.1, 0.15) is 11.5 Å². The highest BCUT2D eigenvalue weighted by Gasteiger charge is 2.31. The number of furan rings is 1. The number of nitrogens with zero attached hydrogens (tertiary/aromatic N) is 1. The van der Waals surface area contributed by atoms with Gasteiger partial charge < -0.3 is 9.73 Å². The molecular weight excluding hydrogens is 302 g/mol. The highest BCUT2D eigenvalue weighted by atomic mass is 16.3. The van der Waals surface area contributed by atoms with Crippen molar-refractivity contribution in [1.29, 1.82) is 0 Å². The fourth-order valence-electron chi connectivity index (χ4n) is 3.14. The zero-order chi connectivity index (χ0) is 16.5. The van der Waals surface area contributed by atoms with Crippen LogP contribution in [-0.4, -0.2) is 22.1 Å². The molecule has 0 aliphatic heterocycles. The van der Waals surface area contributed by atoms with Crippen molar-refractivity contribution in [2.24, 2.45) is 0 Å². The summed E-state index contributed by atoms with van der Waals surface area (Å²) in [7, 11) is 0. The first kappa shape index (κ1) is 14.8. The third kappa shape index (κ3) is 2.85. The van der Waals surface area contributed by atoms with Crippen molar-refractivity contribution in [2.75, 3.05) is 0 Å². The van der Waals surface area contributed by atoms with Gasteiger partial charge >= 0.3 is 0 Å². The molecule has 2 N–H and O–H groups in total. The Morgan fingerprint density at radius 2 is 2.00 bits per heavy atom. The highest BCUT2D eigenvalue weighted by molar-refractivity contribution is 5.93. The average molecular weight is 321 g/mol. The van der Waals surface area contributed by atoms with Gasteiger partial charge in [-0.2, -0.15) is 5.10 Å². The lowest BCUT2D eigenvalue weighted by atomic mass is 9.76. The highest BCUT2D eigenvalue weighted by Crippen LogP contribution is 2.36. The number of aryl methyl sites for hydroxylation is 1. The maximum Gasteiger partial charge on any atom is 0.272 e. The maximum atomic E-state index is 12.3. The Morgan fingerprint density at radius 1 is 1.21 bits per heavy atom. The third-order valence-corrected chi connectivity index (χ3v) is 4.56. The lowest BCUT2D eigenvalue weighted by Crippen LogP contribution is -2.43. The number of hydrogen-bond donors (Lipinski definition) is 2. The molecule has 5 nitrogen and oxygen atoms in total. The molecule has 1 saturated carbocycles. The molecule has 1 aliphatic carbocycles. The zero-order valence-electron chi connectivity index (χ0n) is 13.5. The molecule has 1 aliphatic rings. The summed E-state index contributed by atoms with van der Waals surface area (Å²) >= 11 is 0. The molecule has 0 unspecified atom stereocenters. The standard InChI is InChI=1S/C19H19N3O2/c1-12-7-8-18(24-12)16-11-17(22-21-16)19(23)20-15-9-14(10-15)13-5-3-2-4-6-13/h2-8,11,14-15H,9-10H2,1H3,(H,20,23)(H,21,22). The Kier molecular flexibility index (Phi) is 3.69. The van der Waals surface area contributed by atoms with E-state index in [9.17, 15) is 4.79 Å². The van der Waals surface area contributed by atoms with E-state index in [4.69, 9.17) is 4.42 Å². The first-order chi connectivity index (χ1) is 11.7. The molecule has 122 valence electrons. The molecule has 0 bridgehead atoms. The average Bonchev–Trinajstić information content (AvgIpc) is 3.20. The number of benzene rings is 1. The van der Waals surface area contributed by atoms with E-state index < -0.39 is 0 Å². The van der Waals surface area contributed by atoms with Crippen molar-refractivity contribution < 1.29 is 9.21 Å². The molecule has 4 rings (SSSR count). The van der Waals surface area contributed by atoms with Gasteiger partial charge in [-0.1, -0.05) is 30.3 Å². The molecule has 3 aromatic rings. The summed E-state index contributed by atoms with van der Waals surface area (Å²) in [4.78, 5) is 12.3. The molecule has 0 radical (unpaired) electrons. The number of nitrogens with one attached hydrogen (secondary N) is 2. The van der Waals surface area contributed by atoms with Gasteiger partial charge in [0, 0.05) is 12.1 Å². The van der Waals surface area contributed by atoms with Gasteiger partial charge in [-0.15, -0.1) is 0 Å². The number of carbonyl (C=O) groups excluding carboxylic acids is 1. The monoisotopic (exact) mass is 321 g/mol. The number of carbonyl (C=O) groups is 1. The Morgan fingerprint density at radius 3 is 2.71 bits per heavy atom. The normalized spacial score (nSPS) is 19.7. The topological polar surface area (TPSA) is 70.9 Å². The van der Waals surface area contributed by atoms with E-state index in [-0.39, 0.29) is 11.9 Å².